The van der Waals surface area contributed by atoms with E-state index in [0.29, 0.717) is 6.54 Å². The second kappa shape index (κ2) is 8.89. The number of halogens is 1. The van der Waals surface area contributed by atoms with Crippen molar-refractivity contribution in [2.75, 3.05) is 37.7 Å². The summed E-state index contributed by atoms with van der Waals surface area (Å²) in [4.78, 5) is 2.23. The average Bonchev–Trinajstić information content (AvgIpc) is 2.39. The van der Waals surface area contributed by atoms with Gasteiger partial charge in [0.1, 0.15) is 5.82 Å². The standard InChI is InChI=1S/C14H23FN2O/c1-2-18-12-4-11-17(10-3-9-16)14-7-5-13(15)6-8-14/h5-8H,2-4,9-12,16H2,1H3. The minimum absolute atomic E-state index is 0.202. The van der Waals surface area contributed by atoms with E-state index in [1.54, 1.807) is 0 Å². The van der Waals surface area contributed by atoms with Crippen molar-refractivity contribution in [1.82, 2.24) is 0 Å². The molecule has 0 bridgehead atoms. The van der Waals surface area contributed by atoms with E-state index >= 15 is 0 Å². The first-order valence-corrected chi connectivity index (χ1v) is 6.56. The van der Waals surface area contributed by atoms with E-state index in [1.807, 2.05) is 19.1 Å². The van der Waals surface area contributed by atoms with Crippen LogP contribution in [0.4, 0.5) is 10.1 Å². The highest BCUT2D eigenvalue weighted by Crippen LogP contribution is 2.15. The first-order chi connectivity index (χ1) is 8.77. The molecule has 1 aromatic rings. The second-order valence-electron chi connectivity index (χ2n) is 4.16. The van der Waals surface area contributed by atoms with Gasteiger partial charge >= 0.3 is 0 Å². The molecule has 0 aliphatic heterocycles. The van der Waals surface area contributed by atoms with E-state index in [9.17, 15) is 4.39 Å². The fraction of sp³-hybridized carbons (Fsp3) is 0.571. The van der Waals surface area contributed by atoms with Crippen LogP contribution in [0.2, 0.25) is 0 Å². The van der Waals surface area contributed by atoms with Gasteiger partial charge in [0.25, 0.3) is 0 Å². The molecule has 0 fully saturated rings. The third kappa shape index (κ3) is 5.47. The Morgan fingerprint density at radius 3 is 2.44 bits per heavy atom. The third-order valence-electron chi connectivity index (χ3n) is 2.74. The van der Waals surface area contributed by atoms with Crippen molar-refractivity contribution < 1.29 is 9.13 Å². The van der Waals surface area contributed by atoms with Crippen LogP contribution < -0.4 is 10.6 Å². The van der Waals surface area contributed by atoms with Crippen molar-refractivity contribution >= 4 is 5.69 Å². The van der Waals surface area contributed by atoms with Gasteiger partial charge in [-0.3, -0.25) is 0 Å². The van der Waals surface area contributed by atoms with Crippen molar-refractivity contribution in [3.05, 3.63) is 30.1 Å². The minimum Gasteiger partial charge on any atom is -0.382 e. The highest BCUT2D eigenvalue weighted by atomic mass is 19.1. The molecule has 0 unspecified atom stereocenters. The number of hydrogen-bond donors (Lipinski definition) is 1. The molecule has 1 aromatic carbocycles. The molecule has 0 radical (unpaired) electrons. The molecule has 4 heteroatoms. The molecule has 3 nitrogen and oxygen atoms in total. The van der Waals surface area contributed by atoms with Crippen LogP contribution in [0.15, 0.2) is 24.3 Å². The molecular formula is C14H23FN2O. The summed E-state index contributed by atoms with van der Waals surface area (Å²) in [5, 5.41) is 0. The maximum absolute atomic E-state index is 12.9. The zero-order chi connectivity index (χ0) is 13.2. The molecule has 102 valence electrons. The summed E-state index contributed by atoms with van der Waals surface area (Å²) in [7, 11) is 0. The van der Waals surface area contributed by atoms with Crippen molar-refractivity contribution in [3.63, 3.8) is 0 Å². The molecule has 0 aliphatic rings. The Hall–Kier alpha value is -1.13. The van der Waals surface area contributed by atoms with Gasteiger partial charge in [0.15, 0.2) is 0 Å². The van der Waals surface area contributed by atoms with Gasteiger partial charge in [0, 0.05) is 32.0 Å². The fourth-order valence-electron chi connectivity index (χ4n) is 1.81. The van der Waals surface area contributed by atoms with Crippen LogP contribution >= 0.6 is 0 Å². The number of nitrogens with two attached hydrogens (primary N) is 1. The normalized spacial score (nSPS) is 10.6. The number of hydrogen-bond acceptors (Lipinski definition) is 3. The molecule has 0 saturated carbocycles. The Bertz CT molecular complexity index is 316. The highest BCUT2D eigenvalue weighted by molar-refractivity contribution is 5.46. The number of nitrogens with zero attached hydrogens (tertiary/aromatic N) is 1. The fourth-order valence-corrected chi connectivity index (χ4v) is 1.81. The van der Waals surface area contributed by atoms with Gasteiger partial charge in [-0.2, -0.15) is 0 Å². The van der Waals surface area contributed by atoms with Crippen LogP contribution in [0.25, 0.3) is 0 Å². The molecule has 0 aliphatic carbocycles. The van der Waals surface area contributed by atoms with E-state index in [1.165, 1.54) is 12.1 Å². The zero-order valence-corrected chi connectivity index (χ0v) is 11.1. The van der Waals surface area contributed by atoms with Crippen molar-refractivity contribution in [2.24, 2.45) is 5.73 Å². The highest BCUT2D eigenvalue weighted by Gasteiger charge is 2.05. The van der Waals surface area contributed by atoms with Crippen molar-refractivity contribution in [1.29, 1.82) is 0 Å². The van der Waals surface area contributed by atoms with Crippen LogP contribution in [-0.2, 0) is 4.74 Å². The quantitative estimate of drug-likeness (QED) is 0.688. The first kappa shape index (κ1) is 14.9. The van der Waals surface area contributed by atoms with E-state index in [2.05, 4.69) is 4.90 Å². The molecule has 0 saturated heterocycles. The van der Waals surface area contributed by atoms with Crippen LogP contribution in [0, 0.1) is 5.82 Å². The van der Waals surface area contributed by atoms with Crippen LogP contribution in [-0.4, -0.2) is 32.8 Å². The summed E-state index contributed by atoms with van der Waals surface area (Å²) in [5.74, 6) is -0.202. The van der Waals surface area contributed by atoms with Gasteiger partial charge < -0.3 is 15.4 Å². The predicted molar refractivity (Wildman–Crippen MR) is 73.4 cm³/mol. The van der Waals surface area contributed by atoms with E-state index < -0.39 is 0 Å². The maximum atomic E-state index is 12.9. The molecule has 0 spiro atoms. The van der Waals surface area contributed by atoms with E-state index in [4.69, 9.17) is 10.5 Å². The molecule has 0 atom stereocenters. The SMILES string of the molecule is CCOCCCN(CCCN)c1ccc(F)cc1. The molecule has 0 amide bonds. The molecule has 18 heavy (non-hydrogen) atoms. The van der Waals surface area contributed by atoms with Gasteiger partial charge in [0.2, 0.25) is 0 Å². The minimum atomic E-state index is -0.202. The lowest BCUT2D eigenvalue weighted by molar-refractivity contribution is 0.146. The Morgan fingerprint density at radius 1 is 1.17 bits per heavy atom. The number of benzene rings is 1. The zero-order valence-electron chi connectivity index (χ0n) is 11.1. The number of ether oxygens (including phenoxy) is 1. The maximum Gasteiger partial charge on any atom is 0.123 e. The lowest BCUT2D eigenvalue weighted by Gasteiger charge is -2.24. The van der Waals surface area contributed by atoms with Gasteiger partial charge in [-0.1, -0.05) is 0 Å². The predicted octanol–water partition coefficient (Wildman–Crippen LogP) is 2.41. The summed E-state index contributed by atoms with van der Waals surface area (Å²) in [6, 6.07) is 6.61. The van der Waals surface area contributed by atoms with Crippen LogP contribution in [0.5, 0.6) is 0 Å². The Labute approximate surface area is 109 Å². The Balaban J connectivity index is 2.51. The Kier molecular flexibility index (Phi) is 7.37. The largest absolute Gasteiger partial charge is 0.382 e. The summed E-state index contributed by atoms with van der Waals surface area (Å²) in [6.07, 6.45) is 1.90. The number of anilines is 1. The first-order valence-electron chi connectivity index (χ1n) is 6.56. The summed E-state index contributed by atoms with van der Waals surface area (Å²) >= 11 is 0. The molecular weight excluding hydrogens is 231 g/mol. The van der Waals surface area contributed by atoms with Gasteiger partial charge in [0.05, 0.1) is 0 Å². The average molecular weight is 254 g/mol. The van der Waals surface area contributed by atoms with E-state index in [0.717, 1.165) is 44.8 Å². The van der Waals surface area contributed by atoms with Crippen LogP contribution in [0.1, 0.15) is 19.8 Å². The Morgan fingerprint density at radius 2 is 1.83 bits per heavy atom. The third-order valence-corrected chi connectivity index (χ3v) is 2.74. The topological polar surface area (TPSA) is 38.5 Å². The monoisotopic (exact) mass is 254 g/mol. The molecule has 0 aromatic heterocycles. The van der Waals surface area contributed by atoms with Gasteiger partial charge in [-0.05, 0) is 50.6 Å². The lowest BCUT2D eigenvalue weighted by atomic mass is 10.2. The summed E-state index contributed by atoms with van der Waals surface area (Å²) in [5.41, 5.74) is 6.59. The smallest absolute Gasteiger partial charge is 0.123 e. The summed E-state index contributed by atoms with van der Waals surface area (Å²) in [6.45, 7) is 5.98. The van der Waals surface area contributed by atoms with Gasteiger partial charge in [-0.25, -0.2) is 4.39 Å². The molecule has 2 N–H and O–H groups in total. The van der Waals surface area contributed by atoms with Crippen molar-refractivity contribution in [2.45, 2.75) is 19.8 Å². The molecule has 0 heterocycles. The lowest BCUT2D eigenvalue weighted by Crippen LogP contribution is -2.28. The summed E-state index contributed by atoms with van der Waals surface area (Å²) < 4.78 is 18.2. The van der Waals surface area contributed by atoms with Crippen LogP contribution in [0.3, 0.4) is 0 Å². The van der Waals surface area contributed by atoms with E-state index in [-0.39, 0.29) is 5.82 Å². The second-order valence-corrected chi connectivity index (χ2v) is 4.16. The molecule has 1 rings (SSSR count). The van der Waals surface area contributed by atoms with Crippen molar-refractivity contribution in [3.8, 4) is 0 Å². The van der Waals surface area contributed by atoms with Gasteiger partial charge in [-0.15, -0.1) is 0 Å². The number of rotatable bonds is 9.